The van der Waals surface area contributed by atoms with Gasteiger partial charge in [-0.1, -0.05) is 53.4 Å². The Kier molecular flexibility index (Phi) is 19.6. The molecule has 0 aliphatic heterocycles. The number of unbranched alkanes of at least 4 members (excludes halogenated alkanes) is 4. The third-order valence-corrected chi connectivity index (χ3v) is 9.92. The lowest BCUT2D eigenvalue weighted by atomic mass is 10.2. The molecule has 0 aliphatic rings. The molecular formula is C23H50O6Si. The van der Waals surface area contributed by atoms with Crippen LogP contribution >= 0.6 is 0 Å². The summed E-state index contributed by atoms with van der Waals surface area (Å²) in [4.78, 5) is 0. The Morgan fingerprint density at radius 2 is 0.867 bits per heavy atom. The second-order valence-electron chi connectivity index (χ2n) is 9.08. The molecule has 0 saturated carbocycles. The summed E-state index contributed by atoms with van der Waals surface area (Å²) >= 11 is 0. The number of ether oxygens (including phenoxy) is 5. The molecule has 6 nitrogen and oxygen atoms in total. The molecule has 0 aromatic heterocycles. The van der Waals surface area contributed by atoms with Crippen molar-refractivity contribution in [2.75, 3.05) is 72.7 Å². The summed E-state index contributed by atoms with van der Waals surface area (Å²) in [7, 11) is -1.66. The first-order chi connectivity index (χ1) is 14.3. The highest BCUT2D eigenvalue weighted by Crippen LogP contribution is 2.36. The molecule has 0 N–H and O–H groups in total. The maximum absolute atomic E-state index is 6.06. The maximum atomic E-state index is 6.06. The van der Waals surface area contributed by atoms with Crippen LogP contribution in [0.3, 0.4) is 0 Å². The molecule has 0 bridgehead atoms. The molecule has 182 valence electrons. The van der Waals surface area contributed by atoms with Crippen LogP contribution in [-0.4, -0.2) is 81.0 Å². The van der Waals surface area contributed by atoms with Gasteiger partial charge in [0.15, 0.2) is 8.32 Å². The molecule has 0 fully saturated rings. The third-order valence-electron chi connectivity index (χ3n) is 5.38. The van der Waals surface area contributed by atoms with Crippen molar-refractivity contribution in [3.05, 3.63) is 0 Å². The SMILES string of the molecule is CCCCCCCOCCOCCOCCOCCOCCO[Si](C)(C)C(C)(C)C. The summed E-state index contributed by atoms with van der Waals surface area (Å²) in [6.45, 7) is 20.4. The maximum Gasteiger partial charge on any atom is 0.192 e. The van der Waals surface area contributed by atoms with Gasteiger partial charge < -0.3 is 28.1 Å². The van der Waals surface area contributed by atoms with Gasteiger partial charge in [0, 0.05) is 6.61 Å². The average molecular weight is 451 g/mol. The molecule has 0 heterocycles. The van der Waals surface area contributed by atoms with E-state index >= 15 is 0 Å². The van der Waals surface area contributed by atoms with Gasteiger partial charge in [-0.05, 0) is 24.6 Å². The summed E-state index contributed by atoms with van der Waals surface area (Å²) in [5.41, 5.74) is 0. The van der Waals surface area contributed by atoms with Crippen LogP contribution in [0.15, 0.2) is 0 Å². The summed E-state index contributed by atoms with van der Waals surface area (Å²) in [5, 5.41) is 0.239. The van der Waals surface area contributed by atoms with Crippen LogP contribution in [0, 0.1) is 0 Å². The van der Waals surface area contributed by atoms with Crippen molar-refractivity contribution in [2.24, 2.45) is 0 Å². The van der Waals surface area contributed by atoms with E-state index in [2.05, 4.69) is 40.8 Å². The zero-order chi connectivity index (χ0) is 22.6. The highest BCUT2D eigenvalue weighted by molar-refractivity contribution is 6.74. The van der Waals surface area contributed by atoms with E-state index in [0.29, 0.717) is 66.1 Å². The van der Waals surface area contributed by atoms with E-state index in [-0.39, 0.29) is 5.04 Å². The van der Waals surface area contributed by atoms with Crippen LogP contribution in [0.4, 0.5) is 0 Å². The lowest BCUT2D eigenvalue weighted by Gasteiger charge is -2.36. The zero-order valence-electron chi connectivity index (χ0n) is 20.8. The van der Waals surface area contributed by atoms with Crippen LogP contribution < -0.4 is 0 Å². The normalized spacial score (nSPS) is 12.6. The van der Waals surface area contributed by atoms with Crippen molar-refractivity contribution in [2.45, 2.75) is 77.9 Å². The Labute approximate surface area is 187 Å². The second kappa shape index (κ2) is 19.6. The van der Waals surface area contributed by atoms with Crippen LogP contribution in [0.5, 0.6) is 0 Å². The average Bonchev–Trinajstić information content (AvgIpc) is 2.68. The highest BCUT2D eigenvalue weighted by atomic mass is 28.4. The smallest absolute Gasteiger partial charge is 0.192 e. The molecule has 0 rings (SSSR count). The lowest BCUT2D eigenvalue weighted by Crippen LogP contribution is -2.41. The van der Waals surface area contributed by atoms with E-state index in [0.717, 1.165) is 13.0 Å². The molecule has 0 radical (unpaired) electrons. The minimum Gasteiger partial charge on any atom is -0.414 e. The van der Waals surface area contributed by atoms with Crippen LogP contribution in [0.1, 0.15) is 59.8 Å². The molecule has 30 heavy (non-hydrogen) atoms. The van der Waals surface area contributed by atoms with Crippen LogP contribution in [0.25, 0.3) is 0 Å². The molecule has 0 atom stereocenters. The number of hydrogen-bond acceptors (Lipinski definition) is 6. The quantitative estimate of drug-likeness (QED) is 0.170. The Morgan fingerprint density at radius 1 is 0.500 bits per heavy atom. The first-order valence-corrected chi connectivity index (χ1v) is 14.7. The number of rotatable bonds is 22. The Bertz CT molecular complexity index is 360. The fourth-order valence-electron chi connectivity index (χ4n) is 2.36. The first-order valence-electron chi connectivity index (χ1n) is 11.8. The van der Waals surface area contributed by atoms with Gasteiger partial charge in [0.25, 0.3) is 0 Å². The fourth-order valence-corrected chi connectivity index (χ4v) is 3.39. The highest BCUT2D eigenvalue weighted by Gasteiger charge is 2.36. The minimum absolute atomic E-state index is 0.239. The lowest BCUT2D eigenvalue weighted by molar-refractivity contribution is -0.0131. The molecule has 0 saturated heterocycles. The molecule has 0 aromatic carbocycles. The van der Waals surface area contributed by atoms with Crippen molar-refractivity contribution in [3.63, 3.8) is 0 Å². The van der Waals surface area contributed by atoms with Gasteiger partial charge in [-0.3, -0.25) is 0 Å². The van der Waals surface area contributed by atoms with Gasteiger partial charge in [0.1, 0.15) is 0 Å². The molecule has 0 aromatic rings. The van der Waals surface area contributed by atoms with E-state index in [1.807, 2.05) is 0 Å². The Morgan fingerprint density at radius 3 is 1.27 bits per heavy atom. The Balaban J connectivity index is 3.17. The predicted octanol–water partition coefficient (Wildman–Crippen LogP) is 5.06. The van der Waals surface area contributed by atoms with Crippen LogP contribution in [-0.2, 0) is 28.1 Å². The van der Waals surface area contributed by atoms with Crippen molar-refractivity contribution < 1.29 is 28.1 Å². The molecule has 7 heteroatoms. The van der Waals surface area contributed by atoms with Gasteiger partial charge >= 0.3 is 0 Å². The monoisotopic (exact) mass is 450 g/mol. The Hall–Kier alpha value is -0.0231. The van der Waals surface area contributed by atoms with Gasteiger partial charge in [-0.15, -0.1) is 0 Å². The summed E-state index contributed by atoms with van der Waals surface area (Å²) in [5.74, 6) is 0. The molecule has 0 amide bonds. The van der Waals surface area contributed by atoms with E-state index < -0.39 is 8.32 Å². The topological polar surface area (TPSA) is 55.4 Å². The molecule has 0 aliphatic carbocycles. The van der Waals surface area contributed by atoms with E-state index in [4.69, 9.17) is 28.1 Å². The van der Waals surface area contributed by atoms with Gasteiger partial charge in [-0.2, -0.15) is 0 Å². The standard InChI is InChI=1S/C23H50O6Si/c1-7-8-9-10-11-12-24-13-14-25-15-16-26-17-18-27-19-20-28-21-22-29-30(5,6)23(2,3)4/h7-22H2,1-6H3. The van der Waals surface area contributed by atoms with Crippen LogP contribution in [0.2, 0.25) is 18.1 Å². The first kappa shape index (κ1) is 30.0. The van der Waals surface area contributed by atoms with Crippen molar-refractivity contribution in [3.8, 4) is 0 Å². The van der Waals surface area contributed by atoms with Gasteiger partial charge in [-0.25, -0.2) is 0 Å². The zero-order valence-corrected chi connectivity index (χ0v) is 21.8. The minimum atomic E-state index is -1.66. The third kappa shape index (κ3) is 18.7. The number of hydrogen-bond donors (Lipinski definition) is 0. The summed E-state index contributed by atoms with van der Waals surface area (Å²) < 4.78 is 33.6. The predicted molar refractivity (Wildman–Crippen MR) is 126 cm³/mol. The van der Waals surface area contributed by atoms with E-state index in [9.17, 15) is 0 Å². The summed E-state index contributed by atoms with van der Waals surface area (Å²) in [6, 6.07) is 0. The van der Waals surface area contributed by atoms with Gasteiger partial charge in [0.2, 0.25) is 0 Å². The van der Waals surface area contributed by atoms with Gasteiger partial charge in [0.05, 0.1) is 66.1 Å². The van der Waals surface area contributed by atoms with Crippen molar-refractivity contribution in [1.29, 1.82) is 0 Å². The van der Waals surface area contributed by atoms with Crippen molar-refractivity contribution >= 4 is 8.32 Å². The largest absolute Gasteiger partial charge is 0.414 e. The molecular weight excluding hydrogens is 400 g/mol. The second-order valence-corrected chi connectivity index (χ2v) is 13.9. The fraction of sp³-hybridized carbons (Fsp3) is 1.00. The van der Waals surface area contributed by atoms with E-state index in [1.54, 1.807) is 0 Å². The summed E-state index contributed by atoms with van der Waals surface area (Å²) in [6.07, 6.45) is 6.35. The molecule has 0 unspecified atom stereocenters. The van der Waals surface area contributed by atoms with E-state index in [1.165, 1.54) is 25.7 Å². The molecule has 0 spiro atoms. The van der Waals surface area contributed by atoms with Crippen molar-refractivity contribution in [1.82, 2.24) is 0 Å².